The Labute approximate surface area is 142 Å². The third-order valence-electron chi connectivity index (χ3n) is 4.86. The van der Waals surface area contributed by atoms with Crippen molar-refractivity contribution in [3.8, 4) is 0 Å². The van der Waals surface area contributed by atoms with Gasteiger partial charge in [-0.2, -0.15) is 5.10 Å². The summed E-state index contributed by atoms with van der Waals surface area (Å²) < 4.78 is 18.9. The van der Waals surface area contributed by atoms with Crippen LogP contribution in [0, 0.1) is 5.92 Å². The molecular formula is C18H25N3O3. The number of hydrogen-bond donors (Lipinski definition) is 1. The summed E-state index contributed by atoms with van der Waals surface area (Å²) in [6, 6.07) is 3.88. The molecule has 1 saturated heterocycles. The first kappa shape index (κ1) is 15.9. The lowest BCUT2D eigenvalue weighted by Gasteiger charge is -2.22. The van der Waals surface area contributed by atoms with Crippen LogP contribution in [0.25, 0.3) is 0 Å². The predicted octanol–water partition coefficient (Wildman–Crippen LogP) is 2.31. The number of hydrogen-bond acceptors (Lipinski definition) is 5. The van der Waals surface area contributed by atoms with Gasteiger partial charge in [0.25, 0.3) is 0 Å². The van der Waals surface area contributed by atoms with Gasteiger partial charge in [-0.1, -0.05) is 0 Å². The number of nitrogens with one attached hydrogen (secondary N) is 1. The Morgan fingerprint density at radius 2 is 2.17 bits per heavy atom. The minimum Gasteiger partial charge on any atom is -0.468 e. The fraction of sp³-hybridized carbons (Fsp3) is 0.611. The summed E-state index contributed by atoms with van der Waals surface area (Å²) in [5, 5.41) is 8.23. The second-order valence-corrected chi connectivity index (χ2v) is 6.64. The smallest absolute Gasteiger partial charge is 0.117 e. The Kier molecular flexibility index (Phi) is 4.96. The number of ether oxygens (including phenoxy) is 2. The van der Waals surface area contributed by atoms with Gasteiger partial charge in [0, 0.05) is 32.5 Å². The standard InChI is InChI=1S/C18H25N3O3/c1-2-16(23-6-1)10-19-11-17-18-15(5-9-24-17)13-21(20-18)12-14-3-7-22-8-4-14/h1-2,6,13-14,17,19H,3-5,7-12H2/t17-/m0/s1. The molecule has 2 aromatic rings. The molecule has 6 nitrogen and oxygen atoms in total. The van der Waals surface area contributed by atoms with Gasteiger partial charge in [-0.15, -0.1) is 0 Å². The third kappa shape index (κ3) is 3.71. The van der Waals surface area contributed by atoms with Crippen LogP contribution in [0.3, 0.4) is 0 Å². The number of rotatable bonds is 6. The zero-order valence-electron chi connectivity index (χ0n) is 13.9. The lowest BCUT2D eigenvalue weighted by Crippen LogP contribution is -2.27. The maximum absolute atomic E-state index is 5.94. The first-order valence-corrected chi connectivity index (χ1v) is 8.87. The zero-order chi connectivity index (χ0) is 16.2. The Morgan fingerprint density at radius 3 is 3.00 bits per heavy atom. The van der Waals surface area contributed by atoms with E-state index in [2.05, 4.69) is 16.2 Å². The van der Waals surface area contributed by atoms with Crippen LogP contribution >= 0.6 is 0 Å². The van der Waals surface area contributed by atoms with E-state index in [-0.39, 0.29) is 6.10 Å². The third-order valence-corrected chi connectivity index (χ3v) is 4.86. The molecule has 1 fully saturated rings. The van der Waals surface area contributed by atoms with Crippen molar-refractivity contribution in [3.63, 3.8) is 0 Å². The van der Waals surface area contributed by atoms with Gasteiger partial charge in [0.1, 0.15) is 11.9 Å². The highest BCUT2D eigenvalue weighted by Crippen LogP contribution is 2.26. The van der Waals surface area contributed by atoms with Crippen LogP contribution in [-0.2, 0) is 29.0 Å². The van der Waals surface area contributed by atoms with Crippen LogP contribution in [0.5, 0.6) is 0 Å². The van der Waals surface area contributed by atoms with Gasteiger partial charge in [-0.05, 0) is 42.9 Å². The lowest BCUT2D eigenvalue weighted by atomic mass is 10.0. The fourth-order valence-corrected chi connectivity index (χ4v) is 3.51. The Balaban J connectivity index is 1.36. The first-order chi connectivity index (χ1) is 11.9. The van der Waals surface area contributed by atoms with Crippen molar-refractivity contribution in [3.05, 3.63) is 41.6 Å². The molecule has 1 atom stereocenters. The predicted molar refractivity (Wildman–Crippen MR) is 88.6 cm³/mol. The van der Waals surface area contributed by atoms with Crippen molar-refractivity contribution in [2.45, 2.75) is 38.5 Å². The summed E-state index contributed by atoms with van der Waals surface area (Å²) >= 11 is 0. The molecule has 2 aliphatic heterocycles. The van der Waals surface area contributed by atoms with Crippen LogP contribution in [-0.4, -0.2) is 36.1 Å². The van der Waals surface area contributed by atoms with E-state index in [1.165, 1.54) is 5.56 Å². The van der Waals surface area contributed by atoms with Crippen LogP contribution in [0.4, 0.5) is 0 Å². The molecule has 4 rings (SSSR count). The second-order valence-electron chi connectivity index (χ2n) is 6.64. The molecule has 6 heteroatoms. The molecule has 0 amide bonds. The number of nitrogens with zero attached hydrogens (tertiary/aromatic N) is 2. The maximum Gasteiger partial charge on any atom is 0.117 e. The highest BCUT2D eigenvalue weighted by molar-refractivity contribution is 5.22. The largest absolute Gasteiger partial charge is 0.468 e. The lowest BCUT2D eigenvalue weighted by molar-refractivity contribution is 0.0385. The van der Waals surface area contributed by atoms with Crippen LogP contribution in [0.2, 0.25) is 0 Å². The van der Waals surface area contributed by atoms with E-state index in [9.17, 15) is 0 Å². The average molecular weight is 331 g/mol. The van der Waals surface area contributed by atoms with Crippen molar-refractivity contribution in [2.24, 2.45) is 5.92 Å². The van der Waals surface area contributed by atoms with Crippen molar-refractivity contribution in [1.29, 1.82) is 0 Å². The summed E-state index contributed by atoms with van der Waals surface area (Å²) in [6.45, 7) is 4.99. The summed E-state index contributed by atoms with van der Waals surface area (Å²) in [6.07, 6.45) is 7.17. The summed E-state index contributed by atoms with van der Waals surface area (Å²) in [5.74, 6) is 1.62. The van der Waals surface area contributed by atoms with Gasteiger partial charge in [-0.25, -0.2) is 0 Å². The summed E-state index contributed by atoms with van der Waals surface area (Å²) in [5.41, 5.74) is 2.43. The SMILES string of the molecule is c1coc(CNC[C@@H]2OCCc3cn(CC4CCOCC4)nc32)c1. The van der Waals surface area contributed by atoms with Crippen LogP contribution < -0.4 is 5.32 Å². The van der Waals surface area contributed by atoms with Gasteiger partial charge in [-0.3, -0.25) is 4.68 Å². The number of fused-ring (bicyclic) bond motifs is 1. The molecule has 0 aromatic carbocycles. The first-order valence-electron chi connectivity index (χ1n) is 8.87. The van der Waals surface area contributed by atoms with Gasteiger partial charge >= 0.3 is 0 Å². The monoisotopic (exact) mass is 331 g/mol. The molecule has 0 radical (unpaired) electrons. The van der Waals surface area contributed by atoms with E-state index in [4.69, 9.17) is 19.0 Å². The summed E-state index contributed by atoms with van der Waals surface area (Å²) in [4.78, 5) is 0. The van der Waals surface area contributed by atoms with Crippen molar-refractivity contribution in [1.82, 2.24) is 15.1 Å². The zero-order valence-corrected chi connectivity index (χ0v) is 13.9. The molecule has 0 aliphatic carbocycles. The van der Waals surface area contributed by atoms with E-state index >= 15 is 0 Å². The van der Waals surface area contributed by atoms with Gasteiger partial charge in [0.15, 0.2) is 0 Å². The minimum absolute atomic E-state index is 0.0275. The quantitative estimate of drug-likeness (QED) is 0.880. The highest BCUT2D eigenvalue weighted by atomic mass is 16.5. The van der Waals surface area contributed by atoms with Crippen molar-refractivity contribution < 1.29 is 13.9 Å². The Bertz CT molecular complexity index is 632. The molecule has 24 heavy (non-hydrogen) atoms. The number of aromatic nitrogens is 2. The fourth-order valence-electron chi connectivity index (χ4n) is 3.51. The minimum atomic E-state index is 0.0275. The molecule has 2 aliphatic rings. The molecule has 130 valence electrons. The van der Waals surface area contributed by atoms with E-state index in [1.54, 1.807) is 6.26 Å². The molecule has 2 aromatic heterocycles. The molecule has 0 bridgehead atoms. The maximum atomic E-state index is 5.94. The average Bonchev–Trinajstić information content (AvgIpc) is 3.25. The van der Waals surface area contributed by atoms with Crippen molar-refractivity contribution >= 4 is 0 Å². The molecule has 4 heterocycles. The van der Waals surface area contributed by atoms with E-state index in [0.717, 1.165) is 63.6 Å². The van der Waals surface area contributed by atoms with Crippen LogP contribution in [0.1, 0.15) is 36.0 Å². The molecule has 1 N–H and O–H groups in total. The van der Waals surface area contributed by atoms with Crippen molar-refractivity contribution in [2.75, 3.05) is 26.4 Å². The van der Waals surface area contributed by atoms with Crippen LogP contribution in [0.15, 0.2) is 29.0 Å². The van der Waals surface area contributed by atoms with Gasteiger partial charge < -0.3 is 19.2 Å². The van der Waals surface area contributed by atoms with Gasteiger partial charge in [0.05, 0.1) is 25.1 Å². The molecule has 0 spiro atoms. The Hall–Kier alpha value is -1.63. The van der Waals surface area contributed by atoms with E-state index < -0.39 is 0 Å². The summed E-state index contributed by atoms with van der Waals surface area (Å²) in [7, 11) is 0. The highest BCUT2D eigenvalue weighted by Gasteiger charge is 2.25. The normalized spacial score (nSPS) is 21.8. The number of furan rings is 1. The molecule has 0 saturated carbocycles. The molecule has 0 unspecified atom stereocenters. The second kappa shape index (κ2) is 7.51. The molecular weight excluding hydrogens is 306 g/mol. The topological polar surface area (TPSA) is 61.5 Å². The Morgan fingerprint density at radius 1 is 1.25 bits per heavy atom. The van der Waals surface area contributed by atoms with Gasteiger partial charge in [0.2, 0.25) is 0 Å². The van der Waals surface area contributed by atoms with E-state index in [0.29, 0.717) is 12.5 Å². The van der Waals surface area contributed by atoms with E-state index in [1.807, 2.05) is 12.1 Å².